The summed E-state index contributed by atoms with van der Waals surface area (Å²) in [4.78, 5) is 12.2. The lowest BCUT2D eigenvalue weighted by Gasteiger charge is -2.31. The predicted octanol–water partition coefficient (Wildman–Crippen LogP) is 0.925. The van der Waals surface area contributed by atoms with Crippen LogP contribution in [0.2, 0.25) is 0 Å². The summed E-state index contributed by atoms with van der Waals surface area (Å²) in [5.74, 6) is 0.266. The first-order valence-corrected chi connectivity index (χ1v) is 8.31. The molecule has 1 saturated carbocycles. The average molecular weight is 305 g/mol. The van der Waals surface area contributed by atoms with Gasteiger partial charge in [0.25, 0.3) is 0 Å². The van der Waals surface area contributed by atoms with Gasteiger partial charge in [-0.2, -0.15) is 11.8 Å². The highest BCUT2D eigenvalue weighted by Crippen LogP contribution is 2.29. The van der Waals surface area contributed by atoms with Crippen molar-refractivity contribution in [1.82, 2.24) is 5.32 Å². The summed E-state index contributed by atoms with van der Waals surface area (Å²) in [6.45, 7) is 5.88. The molecule has 0 aromatic heterocycles. The van der Waals surface area contributed by atoms with Crippen LogP contribution >= 0.6 is 11.8 Å². The zero-order valence-electron chi connectivity index (χ0n) is 12.6. The van der Waals surface area contributed by atoms with E-state index in [-0.39, 0.29) is 17.8 Å². The Bertz CT molecular complexity index is 312. The lowest BCUT2D eigenvalue weighted by atomic mass is 9.95. The lowest BCUT2D eigenvalue weighted by Crippen LogP contribution is -2.53. The number of esters is 1. The number of ether oxygens (including phenoxy) is 1. The smallest absolute Gasteiger partial charge is 0.326 e. The van der Waals surface area contributed by atoms with Gasteiger partial charge in [-0.25, -0.2) is 0 Å². The van der Waals surface area contributed by atoms with Crippen LogP contribution in [-0.4, -0.2) is 58.1 Å². The van der Waals surface area contributed by atoms with E-state index in [0.717, 1.165) is 12.8 Å². The van der Waals surface area contributed by atoms with Gasteiger partial charge in [-0.3, -0.25) is 10.1 Å². The van der Waals surface area contributed by atoms with Gasteiger partial charge >= 0.3 is 5.97 Å². The molecule has 0 aromatic carbocycles. The van der Waals surface area contributed by atoms with Crippen molar-refractivity contribution in [3.63, 3.8) is 0 Å². The maximum absolute atomic E-state index is 12.2. The van der Waals surface area contributed by atoms with Crippen LogP contribution in [0, 0.1) is 0 Å². The molecule has 5 nitrogen and oxygen atoms in total. The number of aliphatic hydroxyl groups is 2. The largest absolute Gasteiger partial charge is 0.465 e. The molecule has 3 unspecified atom stereocenters. The monoisotopic (exact) mass is 305 g/mol. The van der Waals surface area contributed by atoms with Gasteiger partial charge in [0.2, 0.25) is 0 Å². The highest BCUT2D eigenvalue weighted by molar-refractivity contribution is 7.99. The van der Waals surface area contributed by atoms with Crippen LogP contribution in [0.1, 0.15) is 40.0 Å². The Morgan fingerprint density at radius 2 is 2.20 bits per heavy atom. The molecular weight excluding hydrogens is 278 g/mol. The second-order valence-corrected chi connectivity index (χ2v) is 7.13. The van der Waals surface area contributed by atoms with Gasteiger partial charge in [0.15, 0.2) is 0 Å². The van der Waals surface area contributed by atoms with Crippen molar-refractivity contribution >= 4 is 17.7 Å². The van der Waals surface area contributed by atoms with Gasteiger partial charge in [-0.1, -0.05) is 6.92 Å². The molecule has 0 saturated heterocycles. The number of nitrogens with one attached hydrogen (secondary N) is 1. The standard InChI is InChI=1S/C14H27NO4S/c1-4-19-13(18)14(3,15-11-5-6-11)7-10(2)20-9-12(17)8-16/h10-12,15-17H,4-9H2,1-3H3. The van der Waals surface area contributed by atoms with Crippen LogP contribution in [0.5, 0.6) is 0 Å². The summed E-state index contributed by atoms with van der Waals surface area (Å²) >= 11 is 1.56. The zero-order valence-corrected chi connectivity index (χ0v) is 13.4. The zero-order chi connectivity index (χ0) is 15.2. The van der Waals surface area contributed by atoms with Gasteiger partial charge in [0.05, 0.1) is 19.3 Å². The molecule has 0 bridgehead atoms. The molecule has 0 radical (unpaired) electrons. The fourth-order valence-corrected chi connectivity index (χ4v) is 3.24. The second kappa shape index (κ2) is 8.22. The molecule has 3 N–H and O–H groups in total. The number of thioether (sulfide) groups is 1. The fraction of sp³-hybridized carbons (Fsp3) is 0.929. The van der Waals surface area contributed by atoms with E-state index in [1.54, 1.807) is 11.8 Å². The Balaban J connectivity index is 2.51. The molecular formula is C14H27NO4S. The molecule has 1 rings (SSSR count). The number of rotatable bonds is 10. The Morgan fingerprint density at radius 3 is 2.70 bits per heavy atom. The Labute approximate surface area is 125 Å². The van der Waals surface area contributed by atoms with Crippen LogP contribution in [0.4, 0.5) is 0 Å². The highest BCUT2D eigenvalue weighted by atomic mass is 32.2. The summed E-state index contributed by atoms with van der Waals surface area (Å²) < 4.78 is 5.18. The molecule has 0 aliphatic heterocycles. The van der Waals surface area contributed by atoms with Crippen LogP contribution in [-0.2, 0) is 9.53 Å². The first-order valence-electron chi connectivity index (χ1n) is 7.26. The van der Waals surface area contributed by atoms with Gasteiger partial charge in [0, 0.05) is 17.0 Å². The van der Waals surface area contributed by atoms with Crippen molar-refractivity contribution < 1.29 is 19.7 Å². The molecule has 1 aliphatic carbocycles. The molecule has 1 fully saturated rings. The van der Waals surface area contributed by atoms with Crippen molar-refractivity contribution in [2.75, 3.05) is 19.0 Å². The minimum Gasteiger partial charge on any atom is -0.465 e. The summed E-state index contributed by atoms with van der Waals surface area (Å²) in [6.07, 6.45) is 2.16. The van der Waals surface area contributed by atoms with Crippen LogP contribution in [0.3, 0.4) is 0 Å². The van der Waals surface area contributed by atoms with E-state index in [0.29, 0.717) is 24.8 Å². The summed E-state index contributed by atoms with van der Waals surface area (Å²) in [5, 5.41) is 21.8. The summed E-state index contributed by atoms with van der Waals surface area (Å²) in [7, 11) is 0. The molecule has 20 heavy (non-hydrogen) atoms. The Morgan fingerprint density at radius 1 is 1.55 bits per heavy atom. The maximum atomic E-state index is 12.2. The van der Waals surface area contributed by atoms with E-state index in [1.165, 1.54) is 0 Å². The third-order valence-corrected chi connectivity index (χ3v) is 4.62. The second-order valence-electron chi connectivity index (χ2n) is 5.66. The molecule has 3 atom stereocenters. The number of carbonyl (C=O) groups excluding carboxylic acids is 1. The predicted molar refractivity (Wildman–Crippen MR) is 80.8 cm³/mol. The number of hydrogen-bond acceptors (Lipinski definition) is 6. The van der Waals surface area contributed by atoms with Crippen molar-refractivity contribution in [2.45, 2.75) is 63.0 Å². The van der Waals surface area contributed by atoms with E-state index in [1.807, 2.05) is 20.8 Å². The van der Waals surface area contributed by atoms with Crippen LogP contribution in [0.15, 0.2) is 0 Å². The fourth-order valence-electron chi connectivity index (χ4n) is 2.13. The molecule has 1 aliphatic rings. The topological polar surface area (TPSA) is 78.8 Å². The van der Waals surface area contributed by atoms with E-state index in [9.17, 15) is 9.90 Å². The third-order valence-electron chi connectivity index (χ3n) is 3.31. The van der Waals surface area contributed by atoms with Gasteiger partial charge < -0.3 is 14.9 Å². The summed E-state index contributed by atoms with van der Waals surface area (Å²) in [5.41, 5.74) is -0.673. The normalized spacial score (nSPS) is 21.1. The van der Waals surface area contributed by atoms with E-state index in [4.69, 9.17) is 9.84 Å². The van der Waals surface area contributed by atoms with Crippen molar-refractivity contribution in [2.24, 2.45) is 0 Å². The van der Waals surface area contributed by atoms with E-state index < -0.39 is 11.6 Å². The van der Waals surface area contributed by atoms with E-state index >= 15 is 0 Å². The Kier molecular flexibility index (Phi) is 7.29. The minimum atomic E-state index is -0.701. The van der Waals surface area contributed by atoms with Crippen molar-refractivity contribution in [1.29, 1.82) is 0 Å². The molecule has 0 aromatic rings. The number of carbonyl (C=O) groups is 1. The van der Waals surface area contributed by atoms with Gasteiger partial charge in [0.1, 0.15) is 5.54 Å². The minimum absolute atomic E-state index is 0.192. The van der Waals surface area contributed by atoms with Crippen molar-refractivity contribution in [3.05, 3.63) is 0 Å². The van der Waals surface area contributed by atoms with Crippen molar-refractivity contribution in [3.8, 4) is 0 Å². The lowest BCUT2D eigenvalue weighted by molar-refractivity contribution is -0.150. The molecule has 0 heterocycles. The molecule has 6 heteroatoms. The first kappa shape index (κ1) is 17.8. The molecule has 0 amide bonds. The average Bonchev–Trinajstić information content (AvgIpc) is 3.19. The summed E-state index contributed by atoms with van der Waals surface area (Å²) in [6, 6.07) is 0.421. The van der Waals surface area contributed by atoms with Crippen LogP contribution < -0.4 is 5.32 Å². The SMILES string of the molecule is CCOC(=O)C(C)(CC(C)SCC(O)CO)NC1CC1. The van der Waals surface area contributed by atoms with Crippen LogP contribution in [0.25, 0.3) is 0 Å². The molecule has 0 spiro atoms. The third kappa shape index (κ3) is 5.99. The maximum Gasteiger partial charge on any atom is 0.326 e. The number of aliphatic hydroxyl groups excluding tert-OH is 2. The Hall–Kier alpha value is -0.300. The van der Waals surface area contributed by atoms with E-state index in [2.05, 4.69) is 5.32 Å². The van der Waals surface area contributed by atoms with Gasteiger partial charge in [-0.15, -0.1) is 0 Å². The highest BCUT2D eigenvalue weighted by Gasteiger charge is 2.40. The molecule has 118 valence electrons. The number of hydrogen-bond donors (Lipinski definition) is 3. The van der Waals surface area contributed by atoms with Gasteiger partial charge in [-0.05, 0) is 33.1 Å². The first-order chi connectivity index (χ1) is 9.41. The quantitative estimate of drug-likeness (QED) is 0.521.